The number of benzene rings is 3. The first-order valence-electron chi connectivity index (χ1n) is 9.36. The van der Waals surface area contributed by atoms with Crippen LogP contribution in [0.3, 0.4) is 0 Å². The quantitative estimate of drug-likeness (QED) is 0.597. The van der Waals surface area contributed by atoms with E-state index in [1.807, 2.05) is 56.4 Å². The molecule has 142 valence electrons. The Bertz CT molecular complexity index is 1010. The van der Waals surface area contributed by atoms with Gasteiger partial charge in [-0.3, -0.25) is 0 Å². The Morgan fingerprint density at radius 3 is 1.96 bits per heavy atom. The van der Waals surface area contributed by atoms with E-state index in [9.17, 15) is 4.79 Å². The van der Waals surface area contributed by atoms with E-state index in [0.717, 1.165) is 28.2 Å². The number of cyclic esters (lactones) is 1. The molecule has 4 heteroatoms. The maximum atomic E-state index is 12.4. The summed E-state index contributed by atoms with van der Waals surface area (Å²) in [6, 6.07) is 22.6. The van der Waals surface area contributed by atoms with Crippen LogP contribution in [0.4, 0.5) is 17.1 Å². The zero-order valence-electron chi connectivity index (χ0n) is 16.6. The predicted octanol–water partition coefficient (Wildman–Crippen LogP) is 5.09. The SMILES string of the molecule is Cc1ccc(N(C)c2ccc(C3OC(=O)c4cc(N(C)C)ccc43)cc2)cc1. The van der Waals surface area contributed by atoms with E-state index in [-0.39, 0.29) is 12.1 Å². The smallest absolute Gasteiger partial charge is 0.339 e. The molecule has 0 spiro atoms. The van der Waals surface area contributed by atoms with Crippen molar-refractivity contribution in [1.29, 1.82) is 0 Å². The van der Waals surface area contributed by atoms with Crippen LogP contribution in [0.5, 0.6) is 0 Å². The van der Waals surface area contributed by atoms with Gasteiger partial charge < -0.3 is 14.5 Å². The molecule has 0 saturated heterocycles. The van der Waals surface area contributed by atoms with Crippen molar-refractivity contribution in [2.24, 2.45) is 0 Å². The van der Waals surface area contributed by atoms with Gasteiger partial charge in [-0.25, -0.2) is 4.79 Å². The first-order valence-corrected chi connectivity index (χ1v) is 9.36. The van der Waals surface area contributed by atoms with Gasteiger partial charge >= 0.3 is 5.97 Å². The van der Waals surface area contributed by atoms with E-state index < -0.39 is 0 Å². The molecule has 1 heterocycles. The van der Waals surface area contributed by atoms with E-state index in [4.69, 9.17) is 4.74 Å². The van der Waals surface area contributed by atoms with Crippen molar-refractivity contribution in [3.8, 4) is 0 Å². The third-order valence-electron chi connectivity index (χ3n) is 5.28. The second-order valence-corrected chi connectivity index (χ2v) is 7.44. The largest absolute Gasteiger partial charge is 0.449 e. The van der Waals surface area contributed by atoms with Crippen molar-refractivity contribution >= 4 is 23.0 Å². The van der Waals surface area contributed by atoms with Crippen molar-refractivity contribution in [3.63, 3.8) is 0 Å². The minimum absolute atomic E-state index is 0.260. The fraction of sp³-hybridized carbons (Fsp3) is 0.208. The van der Waals surface area contributed by atoms with Crippen LogP contribution in [0.2, 0.25) is 0 Å². The summed E-state index contributed by atoms with van der Waals surface area (Å²) in [6.45, 7) is 2.08. The highest BCUT2D eigenvalue weighted by molar-refractivity contribution is 5.95. The molecular weight excluding hydrogens is 348 g/mol. The van der Waals surface area contributed by atoms with Gasteiger partial charge in [-0.2, -0.15) is 0 Å². The lowest BCUT2D eigenvalue weighted by Crippen LogP contribution is -2.10. The molecule has 1 aliphatic heterocycles. The first kappa shape index (κ1) is 18.1. The Hall–Kier alpha value is -3.27. The molecule has 0 bridgehead atoms. The van der Waals surface area contributed by atoms with Crippen LogP contribution in [0.1, 0.15) is 33.2 Å². The predicted molar refractivity (Wildman–Crippen MR) is 114 cm³/mol. The molecular formula is C24H24N2O2. The molecule has 1 aliphatic rings. The highest BCUT2D eigenvalue weighted by Crippen LogP contribution is 2.38. The normalized spacial score (nSPS) is 15.1. The van der Waals surface area contributed by atoms with Crippen LogP contribution in [0.25, 0.3) is 0 Å². The number of carbonyl (C=O) groups is 1. The molecule has 3 aromatic carbocycles. The number of anilines is 3. The lowest BCUT2D eigenvalue weighted by molar-refractivity contribution is 0.0456. The molecule has 0 radical (unpaired) electrons. The third kappa shape index (κ3) is 3.22. The molecule has 4 nitrogen and oxygen atoms in total. The van der Waals surface area contributed by atoms with Gasteiger partial charge in [0.25, 0.3) is 0 Å². The average molecular weight is 372 g/mol. The number of hydrogen-bond acceptors (Lipinski definition) is 4. The lowest BCUT2D eigenvalue weighted by Gasteiger charge is -2.21. The van der Waals surface area contributed by atoms with E-state index in [1.54, 1.807) is 0 Å². The average Bonchev–Trinajstić information content (AvgIpc) is 3.04. The molecule has 0 N–H and O–H groups in total. The monoisotopic (exact) mass is 372 g/mol. The Morgan fingerprint density at radius 1 is 0.786 bits per heavy atom. The topological polar surface area (TPSA) is 32.8 Å². The van der Waals surface area contributed by atoms with Crippen molar-refractivity contribution in [2.45, 2.75) is 13.0 Å². The zero-order chi connectivity index (χ0) is 19.8. The summed E-state index contributed by atoms with van der Waals surface area (Å²) >= 11 is 0. The Balaban J connectivity index is 1.60. The molecule has 0 fully saturated rings. The maximum absolute atomic E-state index is 12.4. The fourth-order valence-electron chi connectivity index (χ4n) is 3.50. The Kier molecular flexibility index (Phi) is 4.55. The van der Waals surface area contributed by atoms with Crippen molar-refractivity contribution in [1.82, 2.24) is 0 Å². The third-order valence-corrected chi connectivity index (χ3v) is 5.28. The summed E-state index contributed by atoms with van der Waals surface area (Å²) in [7, 11) is 5.97. The number of rotatable bonds is 4. The number of nitrogens with zero attached hydrogens (tertiary/aromatic N) is 2. The van der Waals surface area contributed by atoms with Crippen LogP contribution in [0.15, 0.2) is 66.7 Å². The summed E-state index contributed by atoms with van der Waals surface area (Å²) in [5.74, 6) is -0.260. The second kappa shape index (κ2) is 7.04. The van der Waals surface area contributed by atoms with Crippen LogP contribution in [-0.4, -0.2) is 27.1 Å². The van der Waals surface area contributed by atoms with Crippen LogP contribution >= 0.6 is 0 Å². The van der Waals surface area contributed by atoms with Gasteiger partial charge in [-0.05, 0) is 48.9 Å². The van der Waals surface area contributed by atoms with Crippen LogP contribution in [0, 0.1) is 6.92 Å². The summed E-state index contributed by atoms with van der Waals surface area (Å²) in [5.41, 5.74) is 7.00. The molecule has 0 aliphatic carbocycles. The molecule has 3 aromatic rings. The number of ether oxygens (including phenoxy) is 1. The van der Waals surface area contributed by atoms with Gasteiger partial charge in [-0.1, -0.05) is 35.9 Å². The summed E-state index contributed by atoms with van der Waals surface area (Å²) < 4.78 is 5.68. The summed E-state index contributed by atoms with van der Waals surface area (Å²) in [6.07, 6.45) is -0.350. The molecule has 1 unspecified atom stereocenters. The van der Waals surface area contributed by atoms with Crippen molar-refractivity contribution in [2.75, 3.05) is 30.9 Å². The van der Waals surface area contributed by atoms with Crippen molar-refractivity contribution < 1.29 is 9.53 Å². The molecule has 0 aromatic heterocycles. The maximum Gasteiger partial charge on any atom is 0.339 e. The van der Waals surface area contributed by atoms with Crippen LogP contribution in [-0.2, 0) is 4.74 Å². The molecule has 4 rings (SSSR count). The number of aryl methyl sites for hydroxylation is 1. The minimum atomic E-state index is -0.350. The number of hydrogen-bond donors (Lipinski definition) is 0. The number of carbonyl (C=O) groups excluding carboxylic acids is 1. The van der Waals surface area contributed by atoms with Gasteiger partial charge in [0, 0.05) is 43.8 Å². The van der Waals surface area contributed by atoms with E-state index in [0.29, 0.717) is 5.56 Å². The number of fused-ring (bicyclic) bond motifs is 1. The minimum Gasteiger partial charge on any atom is -0.449 e. The van der Waals surface area contributed by atoms with Gasteiger partial charge in [0.2, 0.25) is 0 Å². The Morgan fingerprint density at radius 2 is 1.36 bits per heavy atom. The zero-order valence-corrected chi connectivity index (χ0v) is 16.6. The van der Waals surface area contributed by atoms with Gasteiger partial charge in [0.05, 0.1) is 5.56 Å². The summed E-state index contributed by atoms with van der Waals surface area (Å²) in [4.78, 5) is 16.5. The van der Waals surface area contributed by atoms with Gasteiger partial charge in [-0.15, -0.1) is 0 Å². The number of esters is 1. The standard InChI is InChI=1S/C24H24N2O2/c1-16-5-9-18(10-6-16)26(4)19-11-7-17(8-12-19)23-21-14-13-20(25(2)3)15-22(21)24(27)28-23/h5-15,23H,1-4H3. The Labute approximate surface area is 166 Å². The first-order chi connectivity index (χ1) is 13.4. The molecule has 0 amide bonds. The van der Waals surface area contributed by atoms with E-state index in [1.165, 1.54) is 5.56 Å². The van der Waals surface area contributed by atoms with E-state index in [2.05, 4.69) is 48.2 Å². The molecule has 28 heavy (non-hydrogen) atoms. The van der Waals surface area contributed by atoms with E-state index >= 15 is 0 Å². The molecule has 0 saturated carbocycles. The molecule has 1 atom stereocenters. The highest BCUT2D eigenvalue weighted by Gasteiger charge is 2.32. The van der Waals surface area contributed by atoms with Gasteiger partial charge in [0.15, 0.2) is 6.10 Å². The van der Waals surface area contributed by atoms with Crippen molar-refractivity contribution in [3.05, 3.63) is 89.0 Å². The highest BCUT2D eigenvalue weighted by atomic mass is 16.5. The summed E-state index contributed by atoms with van der Waals surface area (Å²) in [5, 5.41) is 0. The fourth-order valence-corrected chi connectivity index (χ4v) is 3.50. The van der Waals surface area contributed by atoms with Gasteiger partial charge in [0.1, 0.15) is 0 Å². The van der Waals surface area contributed by atoms with Crippen LogP contribution < -0.4 is 9.80 Å². The second-order valence-electron chi connectivity index (χ2n) is 7.44. The lowest BCUT2D eigenvalue weighted by atomic mass is 9.98.